The van der Waals surface area contributed by atoms with Gasteiger partial charge in [0, 0.05) is 15.4 Å². The molecule has 1 aromatic heterocycles. The van der Waals surface area contributed by atoms with Crippen molar-refractivity contribution in [2.24, 2.45) is 0 Å². The fraction of sp³-hybridized carbons (Fsp3) is 0.120. The van der Waals surface area contributed by atoms with Crippen LogP contribution in [0.5, 0.6) is 5.75 Å². The average Bonchev–Trinajstić information content (AvgIpc) is 3.27. The maximum atomic E-state index is 12.3. The molecule has 0 unspecified atom stereocenters. The van der Waals surface area contributed by atoms with Crippen LogP contribution in [-0.4, -0.2) is 17.5 Å². The minimum atomic E-state index is -0.231. The topological polar surface area (TPSA) is 51.2 Å². The van der Waals surface area contributed by atoms with Crippen molar-refractivity contribution < 1.29 is 9.53 Å². The largest absolute Gasteiger partial charge is 0.483 e. The highest BCUT2D eigenvalue weighted by atomic mass is 79.9. The Kier molecular flexibility index (Phi) is 6.79. The number of carbonyl (C=O) groups is 1. The first-order valence-corrected chi connectivity index (χ1v) is 11.6. The number of amides is 1. The number of benzene rings is 3. The number of aryl methyl sites for hydroxylation is 1. The Morgan fingerprint density at radius 2 is 1.71 bits per heavy atom. The lowest BCUT2D eigenvalue weighted by Crippen LogP contribution is -2.20. The van der Waals surface area contributed by atoms with Crippen LogP contribution in [-0.2, 0) is 11.2 Å². The minimum absolute atomic E-state index is 0.0602. The van der Waals surface area contributed by atoms with Crippen molar-refractivity contribution in [1.82, 2.24) is 4.98 Å². The van der Waals surface area contributed by atoms with E-state index < -0.39 is 0 Å². The van der Waals surface area contributed by atoms with Crippen molar-refractivity contribution in [2.75, 3.05) is 11.9 Å². The van der Waals surface area contributed by atoms with Crippen molar-refractivity contribution in [3.05, 3.63) is 88.2 Å². The first-order valence-electron chi connectivity index (χ1n) is 9.95. The van der Waals surface area contributed by atoms with Crippen LogP contribution >= 0.6 is 27.3 Å². The zero-order valence-electron chi connectivity index (χ0n) is 17.0. The van der Waals surface area contributed by atoms with Crippen LogP contribution in [0.2, 0.25) is 0 Å². The summed E-state index contributed by atoms with van der Waals surface area (Å²) in [5, 5.41) is 5.32. The van der Waals surface area contributed by atoms with Gasteiger partial charge in [-0.25, -0.2) is 4.98 Å². The van der Waals surface area contributed by atoms with Gasteiger partial charge in [0.25, 0.3) is 5.91 Å². The average molecular weight is 493 g/mol. The van der Waals surface area contributed by atoms with Gasteiger partial charge in [-0.15, -0.1) is 11.3 Å². The second-order valence-corrected chi connectivity index (χ2v) is 8.70. The van der Waals surface area contributed by atoms with Gasteiger partial charge >= 0.3 is 0 Å². The predicted molar refractivity (Wildman–Crippen MR) is 131 cm³/mol. The second-order valence-electron chi connectivity index (χ2n) is 6.92. The highest BCUT2D eigenvalue weighted by molar-refractivity contribution is 9.10. The molecular weight excluding hydrogens is 472 g/mol. The molecule has 4 aromatic rings. The van der Waals surface area contributed by atoms with Gasteiger partial charge in [0.2, 0.25) is 0 Å². The number of nitrogens with zero attached hydrogens (tertiary/aromatic N) is 1. The quantitative estimate of drug-likeness (QED) is 0.307. The van der Waals surface area contributed by atoms with Gasteiger partial charge in [0.15, 0.2) is 11.7 Å². The van der Waals surface area contributed by atoms with Crippen molar-refractivity contribution >= 4 is 38.3 Å². The molecular formula is C25H21BrN2O2S. The Morgan fingerprint density at radius 3 is 2.45 bits per heavy atom. The molecule has 1 amide bonds. The van der Waals surface area contributed by atoms with Gasteiger partial charge in [-0.3, -0.25) is 10.1 Å². The predicted octanol–water partition coefficient (Wildman–Crippen LogP) is 6.82. The van der Waals surface area contributed by atoms with Gasteiger partial charge in [0.1, 0.15) is 5.75 Å². The molecule has 0 spiro atoms. The summed E-state index contributed by atoms with van der Waals surface area (Å²) in [6.45, 7) is 1.99. The highest BCUT2D eigenvalue weighted by Gasteiger charge is 2.11. The molecule has 0 aliphatic carbocycles. The van der Waals surface area contributed by atoms with Gasteiger partial charge in [-0.2, -0.15) is 0 Å². The number of nitrogens with one attached hydrogen (secondary N) is 1. The number of thiazole rings is 1. The van der Waals surface area contributed by atoms with Crippen LogP contribution in [0.4, 0.5) is 5.13 Å². The molecule has 0 fully saturated rings. The van der Waals surface area contributed by atoms with Gasteiger partial charge in [-0.05, 0) is 41.3 Å². The van der Waals surface area contributed by atoms with Crippen LogP contribution in [0, 0.1) is 0 Å². The highest BCUT2D eigenvalue weighted by Crippen LogP contribution is 2.28. The summed E-state index contributed by atoms with van der Waals surface area (Å²) >= 11 is 4.86. The Bertz CT molecular complexity index is 1170. The van der Waals surface area contributed by atoms with E-state index in [1.807, 2.05) is 53.9 Å². The molecule has 4 nitrogen and oxygen atoms in total. The molecule has 0 radical (unpaired) electrons. The van der Waals surface area contributed by atoms with E-state index in [1.165, 1.54) is 16.9 Å². The van der Waals surface area contributed by atoms with Gasteiger partial charge in [0.05, 0.1) is 5.69 Å². The normalized spacial score (nSPS) is 10.6. The number of ether oxygens (including phenoxy) is 1. The molecule has 0 atom stereocenters. The van der Waals surface area contributed by atoms with E-state index in [2.05, 4.69) is 57.4 Å². The van der Waals surface area contributed by atoms with Crippen LogP contribution in [0.25, 0.3) is 22.4 Å². The lowest BCUT2D eigenvalue weighted by Gasteiger charge is -2.10. The maximum absolute atomic E-state index is 12.3. The van der Waals surface area contributed by atoms with E-state index in [9.17, 15) is 4.79 Å². The van der Waals surface area contributed by atoms with Crippen molar-refractivity contribution in [1.29, 1.82) is 0 Å². The van der Waals surface area contributed by atoms with E-state index >= 15 is 0 Å². The summed E-state index contributed by atoms with van der Waals surface area (Å²) < 4.78 is 6.70. The smallest absolute Gasteiger partial charge is 0.264 e. The third-order valence-corrected chi connectivity index (χ3v) is 6.05. The molecule has 31 heavy (non-hydrogen) atoms. The summed E-state index contributed by atoms with van der Waals surface area (Å²) in [7, 11) is 0. The fourth-order valence-electron chi connectivity index (χ4n) is 3.19. The van der Waals surface area contributed by atoms with E-state index in [0.29, 0.717) is 5.13 Å². The molecule has 6 heteroatoms. The molecule has 0 bridgehead atoms. The molecule has 0 aliphatic heterocycles. The van der Waals surface area contributed by atoms with Crippen molar-refractivity contribution in [3.63, 3.8) is 0 Å². The van der Waals surface area contributed by atoms with Crippen LogP contribution in [0.15, 0.2) is 82.6 Å². The number of anilines is 1. The van der Waals surface area contributed by atoms with E-state index in [-0.39, 0.29) is 12.5 Å². The summed E-state index contributed by atoms with van der Waals surface area (Å²) in [6.07, 6.45) is 0.829. The summed E-state index contributed by atoms with van der Waals surface area (Å²) in [6, 6.07) is 24.3. The van der Waals surface area contributed by atoms with Crippen LogP contribution in [0.1, 0.15) is 12.5 Å². The summed E-state index contributed by atoms with van der Waals surface area (Å²) in [5.41, 5.74) is 5.23. The van der Waals surface area contributed by atoms with Gasteiger partial charge < -0.3 is 4.74 Å². The number of hydrogen-bond donors (Lipinski definition) is 1. The molecule has 156 valence electrons. The Labute approximate surface area is 194 Å². The Hall–Kier alpha value is -2.96. The summed E-state index contributed by atoms with van der Waals surface area (Å²) in [5.74, 6) is 0.490. The van der Waals surface area contributed by atoms with Crippen LogP contribution < -0.4 is 10.1 Å². The Morgan fingerprint density at radius 1 is 1.00 bits per heavy atom. The third-order valence-electron chi connectivity index (χ3n) is 4.80. The summed E-state index contributed by atoms with van der Waals surface area (Å²) in [4.78, 5) is 16.9. The monoisotopic (exact) mass is 492 g/mol. The zero-order valence-corrected chi connectivity index (χ0v) is 19.4. The molecule has 4 rings (SSSR count). The molecule has 1 N–H and O–H groups in total. The first-order chi connectivity index (χ1) is 15.1. The van der Waals surface area contributed by atoms with E-state index in [0.717, 1.165) is 39.0 Å². The van der Waals surface area contributed by atoms with E-state index in [4.69, 9.17) is 4.74 Å². The second kappa shape index (κ2) is 9.90. The lowest BCUT2D eigenvalue weighted by molar-refractivity contribution is -0.118. The Balaban J connectivity index is 1.37. The number of rotatable bonds is 7. The van der Waals surface area contributed by atoms with Crippen molar-refractivity contribution in [3.8, 4) is 28.1 Å². The minimum Gasteiger partial charge on any atom is -0.483 e. The lowest BCUT2D eigenvalue weighted by atomic mass is 10.0. The molecule has 0 saturated carbocycles. The number of aromatic nitrogens is 1. The number of carbonyl (C=O) groups excluding carboxylic acids is 1. The number of halogens is 1. The molecule has 0 saturated heterocycles. The first kappa shape index (κ1) is 21.3. The standard InChI is InChI=1S/C25H21BrN2O2S/c1-2-17-14-21(26)12-13-23(17)30-15-24(29)28-25-27-22(16-31-25)20-10-8-19(9-11-20)18-6-4-3-5-7-18/h3-14,16H,2,15H2,1H3,(H,27,28,29). The van der Waals surface area contributed by atoms with Crippen LogP contribution in [0.3, 0.4) is 0 Å². The maximum Gasteiger partial charge on any atom is 0.264 e. The molecule has 3 aromatic carbocycles. The SMILES string of the molecule is CCc1cc(Br)ccc1OCC(=O)Nc1nc(-c2ccc(-c3ccccc3)cc2)cs1. The fourth-order valence-corrected chi connectivity index (χ4v) is 4.34. The molecule has 1 heterocycles. The zero-order chi connectivity index (χ0) is 21.6. The third kappa shape index (κ3) is 5.40. The van der Waals surface area contributed by atoms with Gasteiger partial charge in [-0.1, -0.05) is 77.5 Å². The van der Waals surface area contributed by atoms with E-state index in [1.54, 1.807) is 0 Å². The molecule has 0 aliphatic rings. The number of hydrogen-bond acceptors (Lipinski definition) is 4. The van der Waals surface area contributed by atoms with Crippen molar-refractivity contribution in [2.45, 2.75) is 13.3 Å².